The molecule has 2 heterocycles. The summed E-state index contributed by atoms with van der Waals surface area (Å²) in [5.74, 6) is -5.07. The van der Waals surface area contributed by atoms with Gasteiger partial charge in [-0.1, -0.05) is 32.0 Å². The molecule has 0 radical (unpaired) electrons. The number of likely N-dealkylation sites (tertiary alicyclic amines) is 1. The second-order valence-electron chi connectivity index (χ2n) is 11.9. The van der Waals surface area contributed by atoms with Crippen molar-refractivity contribution in [1.29, 1.82) is 0 Å². The Hall–Kier alpha value is -5.47. The molecule has 4 unspecified atom stereocenters. The maximum atomic E-state index is 13.9. The van der Waals surface area contributed by atoms with Crippen LogP contribution >= 0.6 is 0 Å². The fraction of sp³-hybridized carbons (Fsp3) is 0.424. The molecule has 4 amide bonds. The van der Waals surface area contributed by atoms with Crippen LogP contribution in [0.5, 0.6) is 11.5 Å². The number of phenolic OH excluding ortho intramolecular Hbond substituents is 1. The number of ketones is 1. The van der Waals surface area contributed by atoms with Crippen molar-refractivity contribution in [1.82, 2.24) is 25.8 Å². The Balaban J connectivity index is 1.50. The van der Waals surface area contributed by atoms with E-state index >= 15 is 0 Å². The predicted octanol–water partition coefficient (Wildman–Crippen LogP) is 1.56. The van der Waals surface area contributed by atoms with Gasteiger partial charge in [0.1, 0.15) is 35.4 Å². The third-order valence-corrected chi connectivity index (χ3v) is 7.96. The third-order valence-electron chi connectivity index (χ3n) is 7.96. The molecule has 0 aliphatic carbocycles. The standard InChI is InChI=1S/C33H39N5O10/c1-17(2)27(37-30(44)23(34-18(3)39)15-19-10-12-20(40)13-11-19)33(46)38-14-6-8-24(38)31(45)35-22(16-26(41)42)28(43)32-36-21-7-5-9-25(47-4)29(21)48-32/h5,7,9-13,17,22-24,27,40H,6,8,14-16H2,1-4H3,(H,34,39)(H,35,45)(H,37,44)(H,41,42). The number of oxazole rings is 1. The van der Waals surface area contributed by atoms with Crippen molar-refractivity contribution >= 4 is 46.5 Å². The molecule has 15 heteroatoms. The minimum absolute atomic E-state index is 0.0412. The number of benzene rings is 2. The van der Waals surface area contributed by atoms with E-state index in [4.69, 9.17) is 9.15 Å². The van der Waals surface area contributed by atoms with Crippen molar-refractivity contribution in [2.75, 3.05) is 13.7 Å². The summed E-state index contributed by atoms with van der Waals surface area (Å²) in [6.45, 7) is 4.89. The molecule has 256 valence electrons. The van der Waals surface area contributed by atoms with Gasteiger partial charge in [0.15, 0.2) is 11.3 Å². The van der Waals surface area contributed by atoms with Crippen LogP contribution in [0.2, 0.25) is 0 Å². The quantitative estimate of drug-likeness (QED) is 0.156. The zero-order chi connectivity index (χ0) is 35.1. The number of hydrogen-bond donors (Lipinski definition) is 5. The fourth-order valence-corrected chi connectivity index (χ4v) is 5.56. The molecule has 1 fully saturated rings. The molecule has 0 saturated carbocycles. The third kappa shape index (κ3) is 8.46. The molecule has 4 atom stereocenters. The molecule has 2 aromatic carbocycles. The first-order valence-electron chi connectivity index (χ1n) is 15.4. The van der Waals surface area contributed by atoms with E-state index < -0.39 is 77.8 Å². The molecule has 1 aromatic heterocycles. The second-order valence-corrected chi connectivity index (χ2v) is 11.9. The van der Waals surface area contributed by atoms with E-state index in [1.54, 1.807) is 44.2 Å². The first kappa shape index (κ1) is 35.4. The van der Waals surface area contributed by atoms with Gasteiger partial charge in [-0.2, -0.15) is 0 Å². The molecular formula is C33H39N5O10. The summed E-state index contributed by atoms with van der Waals surface area (Å²) in [4.78, 5) is 83.3. The zero-order valence-corrected chi connectivity index (χ0v) is 27.0. The summed E-state index contributed by atoms with van der Waals surface area (Å²) < 4.78 is 10.8. The molecular weight excluding hydrogens is 626 g/mol. The minimum atomic E-state index is -1.55. The number of amides is 4. The van der Waals surface area contributed by atoms with Crippen LogP contribution in [0.1, 0.15) is 56.3 Å². The first-order chi connectivity index (χ1) is 22.8. The van der Waals surface area contributed by atoms with Gasteiger partial charge in [-0.25, -0.2) is 4.98 Å². The SMILES string of the molecule is COc1cccc2nc(C(=O)C(CC(=O)O)NC(=O)C3CCCN3C(=O)C(NC(=O)C(Cc3ccc(O)cc3)NC(C)=O)C(C)C)oc12. The summed E-state index contributed by atoms with van der Waals surface area (Å²) in [5, 5.41) is 26.9. The molecule has 1 aliphatic rings. The summed E-state index contributed by atoms with van der Waals surface area (Å²) in [6.07, 6.45) is 0.00283. The van der Waals surface area contributed by atoms with Crippen LogP contribution in [-0.2, 0) is 30.4 Å². The topological polar surface area (TPSA) is 217 Å². The Morgan fingerprint density at radius 3 is 2.35 bits per heavy atom. The maximum Gasteiger partial charge on any atom is 0.305 e. The molecule has 5 N–H and O–H groups in total. The van der Waals surface area contributed by atoms with Crippen LogP contribution in [0, 0.1) is 5.92 Å². The minimum Gasteiger partial charge on any atom is -0.508 e. The highest BCUT2D eigenvalue weighted by atomic mass is 16.5. The van der Waals surface area contributed by atoms with E-state index in [0.717, 1.165) is 0 Å². The first-order valence-corrected chi connectivity index (χ1v) is 15.4. The van der Waals surface area contributed by atoms with Crippen molar-refractivity contribution < 1.29 is 48.1 Å². The number of hydrogen-bond acceptors (Lipinski definition) is 10. The Kier molecular flexibility index (Phi) is 11.4. The molecule has 1 aliphatic heterocycles. The van der Waals surface area contributed by atoms with Gasteiger partial charge in [-0.05, 0) is 48.6 Å². The van der Waals surface area contributed by atoms with Crippen LogP contribution in [0.15, 0.2) is 46.9 Å². The fourth-order valence-electron chi connectivity index (χ4n) is 5.56. The number of fused-ring (bicyclic) bond motifs is 1. The lowest BCUT2D eigenvalue weighted by molar-refractivity contribution is -0.143. The van der Waals surface area contributed by atoms with Gasteiger partial charge in [0.2, 0.25) is 29.4 Å². The number of carboxylic acids is 1. The van der Waals surface area contributed by atoms with Gasteiger partial charge in [-0.15, -0.1) is 0 Å². The van der Waals surface area contributed by atoms with Gasteiger partial charge < -0.3 is 40.2 Å². The van der Waals surface area contributed by atoms with Crippen molar-refractivity contribution in [2.45, 2.75) is 70.6 Å². The van der Waals surface area contributed by atoms with Gasteiger partial charge in [-0.3, -0.25) is 28.8 Å². The highest BCUT2D eigenvalue weighted by molar-refractivity contribution is 6.03. The largest absolute Gasteiger partial charge is 0.508 e. The number of ether oxygens (including phenoxy) is 1. The van der Waals surface area contributed by atoms with Crippen LogP contribution in [-0.4, -0.2) is 93.3 Å². The smallest absolute Gasteiger partial charge is 0.305 e. The number of phenols is 1. The number of carboxylic acid groups (broad SMARTS) is 1. The molecule has 15 nitrogen and oxygen atoms in total. The second kappa shape index (κ2) is 15.4. The van der Waals surface area contributed by atoms with E-state index in [-0.39, 0.29) is 30.7 Å². The number of nitrogens with zero attached hydrogens (tertiary/aromatic N) is 2. The summed E-state index contributed by atoms with van der Waals surface area (Å²) >= 11 is 0. The molecule has 1 saturated heterocycles. The molecule has 48 heavy (non-hydrogen) atoms. The molecule has 0 spiro atoms. The molecule has 0 bridgehead atoms. The van der Waals surface area contributed by atoms with Gasteiger partial charge in [0, 0.05) is 19.9 Å². The van der Waals surface area contributed by atoms with Crippen molar-refractivity contribution in [3.05, 3.63) is 53.9 Å². The van der Waals surface area contributed by atoms with Crippen LogP contribution in [0.3, 0.4) is 0 Å². The molecule has 4 rings (SSSR count). The van der Waals surface area contributed by atoms with E-state index in [2.05, 4.69) is 20.9 Å². The normalized spacial score (nSPS) is 16.2. The number of carbonyl (C=O) groups excluding carboxylic acids is 5. The highest BCUT2D eigenvalue weighted by Crippen LogP contribution is 2.27. The van der Waals surface area contributed by atoms with E-state index in [1.165, 1.54) is 31.1 Å². The average Bonchev–Trinajstić information content (AvgIpc) is 3.71. The number of carbonyl (C=O) groups is 6. The van der Waals surface area contributed by atoms with Crippen molar-refractivity contribution in [3.8, 4) is 11.5 Å². The van der Waals surface area contributed by atoms with E-state index in [9.17, 15) is 39.0 Å². The Morgan fingerprint density at radius 2 is 1.73 bits per heavy atom. The lowest BCUT2D eigenvalue weighted by atomic mass is 10.00. The number of methoxy groups -OCH3 is 1. The van der Waals surface area contributed by atoms with Gasteiger partial charge in [0.05, 0.1) is 13.5 Å². The summed E-state index contributed by atoms with van der Waals surface area (Å²) in [5.41, 5.74) is 1.14. The highest BCUT2D eigenvalue weighted by Gasteiger charge is 2.41. The van der Waals surface area contributed by atoms with Crippen LogP contribution < -0.4 is 20.7 Å². The number of nitrogens with one attached hydrogen (secondary N) is 3. The van der Waals surface area contributed by atoms with Gasteiger partial charge >= 0.3 is 5.97 Å². The Morgan fingerprint density at radius 1 is 1.02 bits per heavy atom. The number of Topliss-reactive ketones (excluding diaryl/α,β-unsaturated/α-hetero) is 1. The number of aromatic hydroxyl groups is 1. The Bertz CT molecular complexity index is 1690. The zero-order valence-electron chi connectivity index (χ0n) is 27.0. The molecule has 3 aromatic rings. The predicted molar refractivity (Wildman–Crippen MR) is 170 cm³/mol. The Labute approximate surface area is 276 Å². The number of aromatic nitrogens is 1. The van der Waals surface area contributed by atoms with E-state index in [0.29, 0.717) is 23.3 Å². The number of aliphatic carboxylic acids is 1. The average molecular weight is 666 g/mol. The monoisotopic (exact) mass is 665 g/mol. The lowest BCUT2D eigenvalue weighted by Crippen LogP contribution is -2.59. The van der Waals surface area contributed by atoms with Crippen molar-refractivity contribution in [3.63, 3.8) is 0 Å². The van der Waals surface area contributed by atoms with Crippen LogP contribution in [0.25, 0.3) is 11.1 Å². The summed E-state index contributed by atoms with van der Waals surface area (Å²) in [7, 11) is 1.41. The maximum absolute atomic E-state index is 13.9. The van der Waals surface area contributed by atoms with Crippen molar-refractivity contribution in [2.24, 2.45) is 5.92 Å². The van der Waals surface area contributed by atoms with Gasteiger partial charge in [0.25, 0.3) is 5.89 Å². The number of rotatable bonds is 14. The number of para-hydroxylation sites is 1. The van der Waals surface area contributed by atoms with E-state index in [1.807, 2.05) is 0 Å². The van der Waals surface area contributed by atoms with Crippen LogP contribution in [0.4, 0.5) is 0 Å². The summed E-state index contributed by atoms with van der Waals surface area (Å²) in [6, 6.07) is 6.25. The lowest BCUT2D eigenvalue weighted by Gasteiger charge is -2.32.